The van der Waals surface area contributed by atoms with Crippen LogP contribution in [0.5, 0.6) is 0 Å². The van der Waals surface area contributed by atoms with Crippen molar-refractivity contribution >= 4 is 17.8 Å². The summed E-state index contributed by atoms with van der Waals surface area (Å²) in [6, 6.07) is 6.62. The Bertz CT molecular complexity index is 669. The molecule has 0 radical (unpaired) electrons. The standard InChI is InChI=1S/C21H30N2O4/c1-5-27-21(26)17-7-6-12-23(13-17)20(25)18(14(2)3)22-19(24)16-10-8-15(4)9-11-16/h8-11,14,17-18H,5-7,12-13H2,1-4H3,(H,22,24). The third kappa shape index (κ3) is 5.55. The summed E-state index contributed by atoms with van der Waals surface area (Å²) in [6.07, 6.45) is 1.48. The molecule has 1 aromatic rings. The number of aryl methyl sites for hydroxylation is 1. The number of likely N-dealkylation sites (tertiary alicyclic amines) is 1. The van der Waals surface area contributed by atoms with Gasteiger partial charge < -0.3 is 15.0 Å². The average Bonchev–Trinajstić information content (AvgIpc) is 2.66. The normalized spacial score (nSPS) is 18.1. The molecule has 1 fully saturated rings. The SMILES string of the molecule is CCOC(=O)C1CCCN(C(=O)C(NC(=O)c2ccc(C)cc2)C(C)C)C1. The van der Waals surface area contributed by atoms with Crippen LogP contribution in [0.3, 0.4) is 0 Å². The maximum absolute atomic E-state index is 13.0. The largest absolute Gasteiger partial charge is 0.466 e. The molecule has 1 aliphatic heterocycles. The van der Waals surface area contributed by atoms with Crippen LogP contribution in [-0.2, 0) is 14.3 Å². The maximum atomic E-state index is 13.0. The zero-order chi connectivity index (χ0) is 20.0. The summed E-state index contributed by atoms with van der Waals surface area (Å²) in [6.45, 7) is 8.83. The van der Waals surface area contributed by atoms with Crippen molar-refractivity contribution in [2.24, 2.45) is 11.8 Å². The number of carbonyl (C=O) groups is 3. The van der Waals surface area contributed by atoms with E-state index in [0.29, 0.717) is 25.3 Å². The third-order valence-corrected chi connectivity index (χ3v) is 4.89. The van der Waals surface area contributed by atoms with Crippen LogP contribution in [-0.4, -0.2) is 48.4 Å². The zero-order valence-corrected chi connectivity index (χ0v) is 16.7. The Balaban J connectivity index is 2.06. The molecule has 2 atom stereocenters. The summed E-state index contributed by atoms with van der Waals surface area (Å²) in [4.78, 5) is 39.3. The van der Waals surface area contributed by atoms with E-state index in [4.69, 9.17) is 4.74 Å². The quantitative estimate of drug-likeness (QED) is 0.777. The number of benzene rings is 1. The van der Waals surface area contributed by atoms with Crippen molar-refractivity contribution in [3.8, 4) is 0 Å². The number of amides is 2. The van der Waals surface area contributed by atoms with Crippen molar-refractivity contribution in [3.63, 3.8) is 0 Å². The first-order valence-electron chi connectivity index (χ1n) is 9.66. The Morgan fingerprint density at radius 1 is 1.22 bits per heavy atom. The molecule has 6 nitrogen and oxygen atoms in total. The number of piperidine rings is 1. The second kappa shape index (κ2) is 9.53. The van der Waals surface area contributed by atoms with E-state index in [1.165, 1.54) is 0 Å². The first kappa shape index (κ1) is 20.9. The highest BCUT2D eigenvalue weighted by molar-refractivity contribution is 5.97. The Kier molecular flexibility index (Phi) is 7.39. The fourth-order valence-electron chi connectivity index (χ4n) is 3.27. The van der Waals surface area contributed by atoms with Crippen LogP contribution < -0.4 is 5.32 Å². The molecule has 1 heterocycles. The summed E-state index contributed by atoms with van der Waals surface area (Å²) >= 11 is 0. The van der Waals surface area contributed by atoms with Crippen molar-refractivity contribution in [2.45, 2.75) is 46.6 Å². The molecule has 1 aromatic carbocycles. The number of carbonyl (C=O) groups excluding carboxylic acids is 3. The minimum atomic E-state index is -0.625. The van der Waals surface area contributed by atoms with Crippen LogP contribution >= 0.6 is 0 Å². The summed E-state index contributed by atoms with van der Waals surface area (Å²) in [5.41, 5.74) is 1.60. The van der Waals surface area contributed by atoms with E-state index in [-0.39, 0.29) is 29.6 Å². The minimum Gasteiger partial charge on any atom is -0.466 e. The number of rotatable bonds is 6. The predicted molar refractivity (Wildman–Crippen MR) is 103 cm³/mol. The van der Waals surface area contributed by atoms with Crippen molar-refractivity contribution in [1.29, 1.82) is 0 Å². The second-order valence-corrected chi connectivity index (χ2v) is 7.44. The number of esters is 1. The molecule has 27 heavy (non-hydrogen) atoms. The molecule has 0 aliphatic carbocycles. The molecule has 2 amide bonds. The monoisotopic (exact) mass is 374 g/mol. The van der Waals surface area contributed by atoms with Crippen LogP contribution in [0.4, 0.5) is 0 Å². The minimum absolute atomic E-state index is 0.0603. The highest BCUT2D eigenvalue weighted by Crippen LogP contribution is 2.20. The zero-order valence-electron chi connectivity index (χ0n) is 16.7. The molecule has 1 N–H and O–H groups in total. The van der Waals surface area contributed by atoms with E-state index in [9.17, 15) is 14.4 Å². The van der Waals surface area contributed by atoms with Crippen molar-refractivity contribution in [3.05, 3.63) is 35.4 Å². The van der Waals surface area contributed by atoms with E-state index in [1.807, 2.05) is 32.9 Å². The van der Waals surface area contributed by atoms with Crippen molar-refractivity contribution in [2.75, 3.05) is 19.7 Å². The molecule has 0 saturated carbocycles. The molecule has 1 aliphatic rings. The number of nitrogens with zero attached hydrogens (tertiary/aromatic N) is 1. The molecular weight excluding hydrogens is 344 g/mol. The smallest absolute Gasteiger partial charge is 0.310 e. The molecule has 2 rings (SSSR count). The molecular formula is C21H30N2O4. The second-order valence-electron chi connectivity index (χ2n) is 7.44. The van der Waals surface area contributed by atoms with Crippen molar-refractivity contribution < 1.29 is 19.1 Å². The molecule has 2 unspecified atom stereocenters. The van der Waals surface area contributed by atoms with Crippen LogP contribution in [0.25, 0.3) is 0 Å². The molecule has 1 saturated heterocycles. The van der Waals surface area contributed by atoms with Gasteiger partial charge in [0.2, 0.25) is 5.91 Å². The molecule has 0 aromatic heterocycles. The molecule has 6 heteroatoms. The predicted octanol–water partition coefficient (Wildman–Crippen LogP) is 2.55. The number of hydrogen-bond acceptors (Lipinski definition) is 4. The van der Waals surface area contributed by atoms with Gasteiger partial charge in [0.25, 0.3) is 5.91 Å². The van der Waals surface area contributed by atoms with Gasteiger partial charge in [-0.25, -0.2) is 0 Å². The van der Waals surface area contributed by atoms with Crippen LogP contribution in [0.2, 0.25) is 0 Å². The Morgan fingerprint density at radius 2 is 1.89 bits per heavy atom. The van der Waals surface area contributed by atoms with Gasteiger partial charge in [0.05, 0.1) is 12.5 Å². The van der Waals surface area contributed by atoms with E-state index in [1.54, 1.807) is 24.0 Å². The lowest BCUT2D eigenvalue weighted by Crippen LogP contribution is -2.54. The van der Waals surface area contributed by atoms with Gasteiger partial charge in [-0.05, 0) is 44.7 Å². The van der Waals surface area contributed by atoms with E-state index in [2.05, 4.69) is 5.32 Å². The lowest BCUT2D eigenvalue weighted by atomic mass is 9.95. The van der Waals surface area contributed by atoms with Crippen molar-refractivity contribution in [1.82, 2.24) is 10.2 Å². The number of nitrogens with one attached hydrogen (secondary N) is 1. The van der Waals surface area contributed by atoms with E-state index < -0.39 is 6.04 Å². The van der Waals surface area contributed by atoms with E-state index in [0.717, 1.165) is 18.4 Å². The first-order chi connectivity index (χ1) is 12.8. The molecule has 148 valence electrons. The van der Waals surface area contributed by atoms with Gasteiger partial charge >= 0.3 is 5.97 Å². The summed E-state index contributed by atoms with van der Waals surface area (Å²) in [7, 11) is 0. The highest BCUT2D eigenvalue weighted by Gasteiger charge is 2.34. The number of hydrogen-bond donors (Lipinski definition) is 1. The van der Waals surface area contributed by atoms with E-state index >= 15 is 0 Å². The Morgan fingerprint density at radius 3 is 2.48 bits per heavy atom. The number of ether oxygens (including phenoxy) is 1. The lowest BCUT2D eigenvalue weighted by Gasteiger charge is -2.35. The van der Waals surface area contributed by atoms with Crippen LogP contribution in [0.1, 0.15) is 49.5 Å². The molecule has 0 bridgehead atoms. The van der Waals surface area contributed by atoms with Crippen LogP contribution in [0, 0.1) is 18.8 Å². The Hall–Kier alpha value is -2.37. The van der Waals surface area contributed by atoms with Gasteiger partial charge in [-0.1, -0.05) is 31.5 Å². The molecule has 0 spiro atoms. The summed E-state index contributed by atoms with van der Waals surface area (Å²) < 4.78 is 5.10. The van der Waals surface area contributed by atoms with Gasteiger partial charge in [0.15, 0.2) is 0 Å². The van der Waals surface area contributed by atoms with Gasteiger partial charge in [-0.15, -0.1) is 0 Å². The maximum Gasteiger partial charge on any atom is 0.310 e. The highest BCUT2D eigenvalue weighted by atomic mass is 16.5. The topological polar surface area (TPSA) is 75.7 Å². The Labute approximate surface area is 161 Å². The third-order valence-electron chi connectivity index (χ3n) is 4.89. The fourth-order valence-corrected chi connectivity index (χ4v) is 3.27. The first-order valence-corrected chi connectivity index (χ1v) is 9.66. The lowest BCUT2D eigenvalue weighted by molar-refractivity contribution is -0.151. The van der Waals surface area contributed by atoms with Gasteiger partial charge in [-0.3, -0.25) is 14.4 Å². The van der Waals surface area contributed by atoms with Gasteiger partial charge in [0, 0.05) is 18.7 Å². The van der Waals surface area contributed by atoms with Crippen LogP contribution in [0.15, 0.2) is 24.3 Å². The summed E-state index contributed by atoms with van der Waals surface area (Å²) in [5, 5.41) is 2.87. The fraction of sp³-hybridized carbons (Fsp3) is 0.571. The summed E-state index contributed by atoms with van der Waals surface area (Å²) in [5.74, 6) is -1.00. The average molecular weight is 374 g/mol. The van der Waals surface area contributed by atoms with Gasteiger partial charge in [0.1, 0.15) is 6.04 Å². The van der Waals surface area contributed by atoms with Gasteiger partial charge in [-0.2, -0.15) is 0 Å².